The number of aryl methyl sites for hydroxylation is 1. The number of urea groups is 1. The van der Waals surface area contributed by atoms with E-state index >= 15 is 0 Å². The Labute approximate surface area is 128 Å². The number of rotatable bonds is 4. The number of nitrogens with zero attached hydrogens (tertiary/aromatic N) is 1. The van der Waals surface area contributed by atoms with Gasteiger partial charge in [-0.25, -0.2) is 4.79 Å². The van der Waals surface area contributed by atoms with E-state index in [0.717, 1.165) is 11.1 Å². The van der Waals surface area contributed by atoms with Crippen LogP contribution in [0.4, 0.5) is 10.5 Å². The normalized spacial score (nSPS) is 11.8. The van der Waals surface area contributed by atoms with Crippen molar-refractivity contribution >= 4 is 23.3 Å². The van der Waals surface area contributed by atoms with E-state index in [-0.39, 0.29) is 6.61 Å². The molecule has 0 saturated carbocycles. The van der Waals surface area contributed by atoms with Crippen LogP contribution in [0.5, 0.6) is 0 Å². The minimum absolute atomic E-state index is 0.204. The highest BCUT2D eigenvalue weighted by molar-refractivity contribution is 6.30. The van der Waals surface area contributed by atoms with Crippen molar-refractivity contribution in [2.24, 2.45) is 0 Å². The van der Waals surface area contributed by atoms with Gasteiger partial charge in [-0.2, -0.15) is 0 Å². The van der Waals surface area contributed by atoms with Gasteiger partial charge in [0, 0.05) is 23.1 Å². The molecule has 0 bridgehead atoms. The van der Waals surface area contributed by atoms with Gasteiger partial charge in [-0.05, 0) is 36.2 Å². The van der Waals surface area contributed by atoms with Gasteiger partial charge in [-0.1, -0.05) is 23.7 Å². The predicted molar refractivity (Wildman–Crippen MR) is 82.4 cm³/mol. The third-order valence-electron chi connectivity index (χ3n) is 3.03. The summed E-state index contributed by atoms with van der Waals surface area (Å²) >= 11 is 5.82. The molecule has 2 rings (SSSR count). The van der Waals surface area contributed by atoms with Gasteiger partial charge in [0.25, 0.3) is 0 Å². The molecule has 1 aromatic heterocycles. The second-order valence-corrected chi connectivity index (χ2v) is 5.01. The molecule has 3 N–H and O–H groups in total. The molecular formula is C15H16ClN3O2. The van der Waals surface area contributed by atoms with Gasteiger partial charge in [-0.3, -0.25) is 4.98 Å². The van der Waals surface area contributed by atoms with Gasteiger partial charge in [0.1, 0.15) is 0 Å². The first-order chi connectivity index (χ1) is 10.1. The van der Waals surface area contributed by atoms with Crippen LogP contribution in [0.25, 0.3) is 0 Å². The van der Waals surface area contributed by atoms with Crippen LogP contribution < -0.4 is 10.6 Å². The number of benzene rings is 1. The predicted octanol–water partition coefficient (Wildman–Crippen LogP) is 2.90. The number of carbonyl (C=O) groups is 1. The first-order valence-corrected chi connectivity index (χ1v) is 6.82. The SMILES string of the molecule is Cc1cnccc1NC(=O)NC(CO)c1ccc(Cl)cc1. The van der Waals surface area contributed by atoms with Gasteiger partial charge in [-0.15, -0.1) is 0 Å². The van der Waals surface area contributed by atoms with Crippen LogP contribution in [-0.4, -0.2) is 22.7 Å². The Morgan fingerprint density at radius 1 is 1.33 bits per heavy atom. The zero-order chi connectivity index (χ0) is 15.2. The minimum atomic E-state index is -0.496. The van der Waals surface area contributed by atoms with Gasteiger partial charge in [0.2, 0.25) is 0 Å². The van der Waals surface area contributed by atoms with E-state index < -0.39 is 12.1 Å². The summed E-state index contributed by atoms with van der Waals surface area (Å²) in [6.07, 6.45) is 3.27. The van der Waals surface area contributed by atoms with Gasteiger partial charge in [0.05, 0.1) is 12.6 Å². The number of carbonyl (C=O) groups excluding carboxylic acids is 1. The molecule has 0 aliphatic carbocycles. The van der Waals surface area contributed by atoms with E-state index in [1.165, 1.54) is 0 Å². The monoisotopic (exact) mass is 305 g/mol. The van der Waals surface area contributed by atoms with Crippen molar-refractivity contribution in [3.63, 3.8) is 0 Å². The summed E-state index contributed by atoms with van der Waals surface area (Å²) in [6.45, 7) is 1.65. The molecule has 1 heterocycles. The Bertz CT molecular complexity index is 617. The molecule has 21 heavy (non-hydrogen) atoms. The fourth-order valence-corrected chi connectivity index (χ4v) is 1.99. The summed E-state index contributed by atoms with van der Waals surface area (Å²) in [7, 11) is 0. The molecule has 5 nitrogen and oxygen atoms in total. The molecule has 2 aromatic rings. The second kappa shape index (κ2) is 7.06. The van der Waals surface area contributed by atoms with E-state index in [2.05, 4.69) is 15.6 Å². The van der Waals surface area contributed by atoms with Crippen LogP contribution in [0.15, 0.2) is 42.7 Å². The Hall–Kier alpha value is -2.11. The minimum Gasteiger partial charge on any atom is -0.394 e. The number of anilines is 1. The molecule has 1 aromatic carbocycles. The Morgan fingerprint density at radius 2 is 2.05 bits per heavy atom. The maximum Gasteiger partial charge on any atom is 0.319 e. The Kier molecular flexibility index (Phi) is 5.14. The molecular weight excluding hydrogens is 290 g/mol. The Balaban J connectivity index is 2.03. The number of nitrogens with one attached hydrogen (secondary N) is 2. The lowest BCUT2D eigenvalue weighted by atomic mass is 10.1. The molecule has 0 aliphatic rings. The van der Waals surface area contributed by atoms with Crippen LogP contribution in [0.1, 0.15) is 17.2 Å². The van der Waals surface area contributed by atoms with Crippen molar-refractivity contribution in [1.82, 2.24) is 10.3 Å². The largest absolute Gasteiger partial charge is 0.394 e. The zero-order valence-corrected chi connectivity index (χ0v) is 12.3. The number of aromatic nitrogens is 1. The maximum atomic E-state index is 12.0. The lowest BCUT2D eigenvalue weighted by Gasteiger charge is -2.17. The van der Waals surface area contributed by atoms with E-state index in [9.17, 15) is 9.90 Å². The van der Waals surface area contributed by atoms with Crippen LogP contribution in [0, 0.1) is 6.92 Å². The van der Waals surface area contributed by atoms with Crippen LogP contribution in [0.2, 0.25) is 5.02 Å². The van der Waals surface area contributed by atoms with Crippen LogP contribution >= 0.6 is 11.6 Å². The van der Waals surface area contributed by atoms with E-state index in [1.807, 2.05) is 6.92 Å². The number of hydrogen-bond acceptors (Lipinski definition) is 3. The van der Waals surface area contributed by atoms with Crippen LogP contribution in [-0.2, 0) is 0 Å². The lowest BCUT2D eigenvalue weighted by Crippen LogP contribution is -2.34. The smallest absolute Gasteiger partial charge is 0.319 e. The molecule has 1 atom stereocenters. The summed E-state index contributed by atoms with van der Waals surface area (Å²) < 4.78 is 0. The van der Waals surface area contributed by atoms with E-state index in [1.54, 1.807) is 42.7 Å². The molecule has 6 heteroatoms. The molecule has 0 radical (unpaired) electrons. The van der Waals surface area contributed by atoms with Crippen molar-refractivity contribution in [3.05, 3.63) is 58.9 Å². The maximum absolute atomic E-state index is 12.0. The van der Waals surface area contributed by atoms with Crippen molar-refractivity contribution < 1.29 is 9.90 Å². The Morgan fingerprint density at radius 3 is 2.67 bits per heavy atom. The molecule has 1 unspecified atom stereocenters. The van der Waals surface area contributed by atoms with Crippen molar-refractivity contribution in [3.8, 4) is 0 Å². The summed E-state index contributed by atoms with van der Waals surface area (Å²) in [5.74, 6) is 0. The van der Waals surface area contributed by atoms with Gasteiger partial charge in [0.15, 0.2) is 0 Å². The summed E-state index contributed by atoms with van der Waals surface area (Å²) in [5.41, 5.74) is 2.32. The quantitative estimate of drug-likeness (QED) is 0.813. The first kappa shape index (κ1) is 15.3. The third-order valence-corrected chi connectivity index (χ3v) is 3.28. The topological polar surface area (TPSA) is 74.2 Å². The first-order valence-electron chi connectivity index (χ1n) is 6.44. The number of amides is 2. The van der Waals surface area contributed by atoms with Gasteiger partial charge >= 0.3 is 6.03 Å². The summed E-state index contributed by atoms with van der Waals surface area (Å²) in [5, 5.41) is 15.5. The average Bonchev–Trinajstić information content (AvgIpc) is 2.48. The lowest BCUT2D eigenvalue weighted by molar-refractivity contribution is 0.225. The fourth-order valence-electron chi connectivity index (χ4n) is 1.86. The van der Waals surface area contributed by atoms with E-state index in [4.69, 9.17) is 11.6 Å². The number of aliphatic hydroxyl groups is 1. The zero-order valence-electron chi connectivity index (χ0n) is 11.5. The summed E-state index contributed by atoms with van der Waals surface area (Å²) in [6, 6.07) is 7.79. The molecule has 0 spiro atoms. The molecule has 0 aliphatic heterocycles. The van der Waals surface area contributed by atoms with Gasteiger partial charge < -0.3 is 15.7 Å². The number of pyridine rings is 1. The molecule has 0 fully saturated rings. The molecule has 110 valence electrons. The highest BCUT2D eigenvalue weighted by Crippen LogP contribution is 2.17. The van der Waals surface area contributed by atoms with Crippen molar-refractivity contribution in [2.75, 3.05) is 11.9 Å². The average molecular weight is 306 g/mol. The highest BCUT2D eigenvalue weighted by Gasteiger charge is 2.14. The third kappa shape index (κ3) is 4.18. The summed E-state index contributed by atoms with van der Waals surface area (Å²) in [4.78, 5) is 16.0. The fraction of sp³-hybridized carbons (Fsp3) is 0.200. The van der Waals surface area contributed by atoms with Crippen molar-refractivity contribution in [2.45, 2.75) is 13.0 Å². The standard InChI is InChI=1S/C15H16ClN3O2/c1-10-8-17-7-6-13(10)18-15(21)19-14(9-20)11-2-4-12(16)5-3-11/h2-8,14,20H,9H2,1H3,(H2,17,18,19,21). The van der Waals surface area contributed by atoms with Crippen molar-refractivity contribution in [1.29, 1.82) is 0 Å². The number of aliphatic hydroxyl groups excluding tert-OH is 1. The van der Waals surface area contributed by atoms with E-state index in [0.29, 0.717) is 10.7 Å². The molecule has 0 saturated heterocycles. The highest BCUT2D eigenvalue weighted by atomic mass is 35.5. The number of halogens is 1. The second-order valence-electron chi connectivity index (χ2n) is 4.58. The number of hydrogen-bond donors (Lipinski definition) is 3. The van der Waals surface area contributed by atoms with Crippen LogP contribution in [0.3, 0.4) is 0 Å². The molecule has 2 amide bonds.